The van der Waals surface area contributed by atoms with Gasteiger partial charge >= 0.3 is 12.1 Å². The van der Waals surface area contributed by atoms with Gasteiger partial charge in [0.2, 0.25) is 11.8 Å². The van der Waals surface area contributed by atoms with Crippen LogP contribution in [0.4, 0.5) is 10.5 Å². The summed E-state index contributed by atoms with van der Waals surface area (Å²) in [6.07, 6.45) is 0.300. The van der Waals surface area contributed by atoms with Crippen LogP contribution in [-0.2, 0) is 19.1 Å². The highest BCUT2D eigenvalue weighted by atomic mass is 16.6. The molecule has 2 aromatic rings. The standard InChI is InChI=1S/C25H30N6O7/c1-3-38-25(37)31-13-11-30(12-14-31)24(36)18(9-10-20(33)34)28-23(35)21-19(27-16(2)32)15-26-22(29-21)17-7-5-4-6-8-17/h4-8,15,18H,3,9-14H2,1-2H3,(H,27,32)(H,28,35)(H,33,34). The monoisotopic (exact) mass is 526 g/mol. The lowest BCUT2D eigenvalue weighted by molar-refractivity contribution is -0.138. The van der Waals surface area contributed by atoms with Crippen LogP contribution in [0.3, 0.4) is 0 Å². The predicted molar refractivity (Wildman–Crippen MR) is 135 cm³/mol. The molecule has 38 heavy (non-hydrogen) atoms. The number of benzene rings is 1. The van der Waals surface area contributed by atoms with E-state index in [9.17, 15) is 29.1 Å². The Morgan fingerprint density at radius 3 is 2.32 bits per heavy atom. The zero-order chi connectivity index (χ0) is 27.7. The van der Waals surface area contributed by atoms with Gasteiger partial charge < -0.3 is 30.3 Å². The smallest absolute Gasteiger partial charge is 0.409 e. The molecule has 13 heteroatoms. The van der Waals surface area contributed by atoms with Crippen molar-refractivity contribution in [3.05, 3.63) is 42.2 Å². The Morgan fingerprint density at radius 2 is 1.71 bits per heavy atom. The number of amides is 4. The lowest BCUT2D eigenvalue weighted by atomic mass is 10.1. The van der Waals surface area contributed by atoms with Crippen LogP contribution in [0, 0.1) is 0 Å². The fourth-order valence-electron chi connectivity index (χ4n) is 3.86. The summed E-state index contributed by atoms with van der Waals surface area (Å²) >= 11 is 0. The van der Waals surface area contributed by atoms with E-state index < -0.39 is 35.8 Å². The van der Waals surface area contributed by atoms with Gasteiger partial charge in [-0.05, 0) is 13.3 Å². The second-order valence-electron chi connectivity index (χ2n) is 8.47. The number of carboxylic acids is 1. The van der Waals surface area contributed by atoms with Crippen LogP contribution in [0.25, 0.3) is 11.4 Å². The van der Waals surface area contributed by atoms with Crippen LogP contribution in [-0.4, -0.2) is 93.5 Å². The molecule has 202 valence electrons. The van der Waals surface area contributed by atoms with Gasteiger partial charge in [0.25, 0.3) is 5.91 Å². The Bertz CT molecular complexity index is 1180. The Hall–Kier alpha value is -4.55. The Balaban J connectivity index is 1.82. The van der Waals surface area contributed by atoms with Crippen LogP contribution in [0.1, 0.15) is 37.2 Å². The molecule has 1 fully saturated rings. The van der Waals surface area contributed by atoms with E-state index in [0.29, 0.717) is 5.56 Å². The molecule has 3 rings (SSSR count). The molecule has 1 aromatic carbocycles. The van der Waals surface area contributed by atoms with E-state index in [1.54, 1.807) is 31.2 Å². The van der Waals surface area contributed by atoms with E-state index >= 15 is 0 Å². The maximum Gasteiger partial charge on any atom is 0.409 e. The number of anilines is 1. The first-order chi connectivity index (χ1) is 18.2. The molecule has 4 amide bonds. The van der Waals surface area contributed by atoms with Gasteiger partial charge in [0.05, 0.1) is 18.5 Å². The highest BCUT2D eigenvalue weighted by molar-refractivity contribution is 6.03. The molecular weight excluding hydrogens is 496 g/mol. The lowest BCUT2D eigenvalue weighted by Gasteiger charge is -2.36. The average Bonchev–Trinajstić information content (AvgIpc) is 2.91. The zero-order valence-electron chi connectivity index (χ0n) is 21.2. The summed E-state index contributed by atoms with van der Waals surface area (Å²) in [6.45, 7) is 4.07. The number of carbonyl (C=O) groups is 5. The summed E-state index contributed by atoms with van der Waals surface area (Å²) in [4.78, 5) is 73.1. The number of aromatic nitrogens is 2. The number of nitrogens with zero attached hydrogens (tertiary/aromatic N) is 4. The average molecular weight is 527 g/mol. The predicted octanol–water partition coefficient (Wildman–Crippen LogP) is 1.37. The van der Waals surface area contributed by atoms with Crippen molar-refractivity contribution in [3.63, 3.8) is 0 Å². The maximum absolute atomic E-state index is 13.3. The molecule has 13 nitrogen and oxygen atoms in total. The molecule has 0 spiro atoms. The number of ether oxygens (including phenoxy) is 1. The molecule has 0 bridgehead atoms. The topological polar surface area (TPSA) is 171 Å². The van der Waals surface area contributed by atoms with Gasteiger partial charge in [0.15, 0.2) is 11.5 Å². The molecule has 1 unspecified atom stereocenters. The van der Waals surface area contributed by atoms with Crippen molar-refractivity contribution in [2.24, 2.45) is 0 Å². The van der Waals surface area contributed by atoms with Crippen LogP contribution in [0.2, 0.25) is 0 Å². The number of rotatable bonds is 9. The van der Waals surface area contributed by atoms with Crippen molar-refractivity contribution in [1.29, 1.82) is 0 Å². The normalized spacial score (nSPS) is 13.8. The summed E-state index contributed by atoms with van der Waals surface area (Å²) in [5, 5.41) is 14.3. The highest BCUT2D eigenvalue weighted by Gasteiger charge is 2.31. The van der Waals surface area contributed by atoms with E-state index in [0.717, 1.165) is 0 Å². The fraction of sp³-hybridized carbons (Fsp3) is 0.400. The van der Waals surface area contributed by atoms with Gasteiger partial charge in [-0.2, -0.15) is 0 Å². The Kier molecular flexibility index (Phi) is 9.68. The number of aliphatic carboxylic acids is 1. The van der Waals surface area contributed by atoms with Gasteiger partial charge in [-0.1, -0.05) is 30.3 Å². The zero-order valence-corrected chi connectivity index (χ0v) is 21.2. The SMILES string of the molecule is CCOC(=O)N1CCN(C(=O)C(CCC(=O)O)NC(=O)c2nc(-c3ccccc3)ncc2NC(C)=O)CC1. The fourth-order valence-corrected chi connectivity index (χ4v) is 3.86. The third-order valence-electron chi connectivity index (χ3n) is 5.71. The van der Waals surface area contributed by atoms with Crippen LogP contribution in [0.5, 0.6) is 0 Å². The summed E-state index contributed by atoms with van der Waals surface area (Å²) in [7, 11) is 0. The van der Waals surface area contributed by atoms with Gasteiger partial charge in [-0.15, -0.1) is 0 Å². The molecule has 0 radical (unpaired) electrons. The van der Waals surface area contributed by atoms with E-state index in [1.807, 2.05) is 6.07 Å². The van der Waals surface area contributed by atoms with Crippen molar-refractivity contribution in [3.8, 4) is 11.4 Å². The molecule has 1 aliphatic heterocycles. The largest absolute Gasteiger partial charge is 0.481 e. The minimum Gasteiger partial charge on any atom is -0.481 e. The number of nitrogens with one attached hydrogen (secondary N) is 2. The third kappa shape index (κ3) is 7.48. The van der Waals surface area contributed by atoms with Crippen LogP contribution >= 0.6 is 0 Å². The Labute approximate surface area is 219 Å². The first kappa shape index (κ1) is 28.0. The van der Waals surface area contributed by atoms with Gasteiger partial charge in [-0.3, -0.25) is 19.2 Å². The molecule has 2 heterocycles. The number of hydrogen-bond donors (Lipinski definition) is 3. The van der Waals surface area contributed by atoms with Gasteiger partial charge in [0.1, 0.15) is 6.04 Å². The highest BCUT2D eigenvalue weighted by Crippen LogP contribution is 2.20. The summed E-state index contributed by atoms with van der Waals surface area (Å²) in [5.74, 6) is -2.61. The van der Waals surface area contributed by atoms with Crippen LogP contribution in [0.15, 0.2) is 36.5 Å². The lowest BCUT2D eigenvalue weighted by Crippen LogP contribution is -2.56. The molecule has 0 aliphatic carbocycles. The third-order valence-corrected chi connectivity index (χ3v) is 5.71. The molecule has 1 saturated heterocycles. The van der Waals surface area contributed by atoms with Crippen LogP contribution < -0.4 is 10.6 Å². The van der Waals surface area contributed by atoms with E-state index in [1.165, 1.54) is 22.9 Å². The van der Waals surface area contributed by atoms with Crippen molar-refractivity contribution in [1.82, 2.24) is 25.1 Å². The van der Waals surface area contributed by atoms with Crippen molar-refractivity contribution < 1.29 is 33.8 Å². The minimum atomic E-state index is -1.17. The second kappa shape index (κ2) is 13.1. The summed E-state index contributed by atoms with van der Waals surface area (Å²) in [5.41, 5.74) is 0.505. The molecule has 0 saturated carbocycles. The van der Waals surface area contributed by atoms with Crippen molar-refractivity contribution in [2.75, 3.05) is 38.1 Å². The molecule has 1 atom stereocenters. The molecule has 3 N–H and O–H groups in total. The van der Waals surface area contributed by atoms with E-state index in [2.05, 4.69) is 20.6 Å². The van der Waals surface area contributed by atoms with Crippen molar-refractivity contribution in [2.45, 2.75) is 32.7 Å². The number of carbonyl (C=O) groups excluding carboxylic acids is 4. The van der Waals surface area contributed by atoms with Crippen molar-refractivity contribution >= 4 is 35.5 Å². The maximum atomic E-state index is 13.3. The van der Waals surface area contributed by atoms with Gasteiger partial charge in [0, 0.05) is 45.1 Å². The molecule has 1 aliphatic rings. The number of carboxylic acid groups (broad SMARTS) is 1. The second-order valence-corrected chi connectivity index (χ2v) is 8.47. The van der Waals surface area contributed by atoms with E-state index in [-0.39, 0.29) is 62.8 Å². The molecular formula is C25H30N6O7. The minimum absolute atomic E-state index is 0.0437. The Morgan fingerprint density at radius 1 is 1.05 bits per heavy atom. The summed E-state index contributed by atoms with van der Waals surface area (Å²) in [6, 6.07) is 7.71. The first-order valence-corrected chi connectivity index (χ1v) is 12.1. The van der Waals surface area contributed by atoms with E-state index in [4.69, 9.17) is 4.74 Å². The first-order valence-electron chi connectivity index (χ1n) is 12.1. The number of piperazine rings is 1. The summed E-state index contributed by atoms with van der Waals surface area (Å²) < 4.78 is 4.99. The van der Waals surface area contributed by atoms with Gasteiger partial charge in [-0.25, -0.2) is 14.8 Å². The number of hydrogen-bond acceptors (Lipinski definition) is 8. The molecule has 1 aromatic heterocycles. The quantitative estimate of drug-likeness (QED) is 0.436.